The Morgan fingerprint density at radius 3 is 2.24 bits per heavy atom. The predicted molar refractivity (Wildman–Crippen MR) is 82.1 cm³/mol. The number of hydrogen-bond acceptors (Lipinski definition) is 3. The smallest absolute Gasteiger partial charge is 0.320 e. The summed E-state index contributed by atoms with van der Waals surface area (Å²) in [6.07, 6.45) is 2.07. The van der Waals surface area contributed by atoms with Crippen molar-refractivity contribution in [2.75, 3.05) is 52.4 Å². The van der Waals surface area contributed by atoms with E-state index in [4.69, 9.17) is 0 Å². The highest BCUT2D eigenvalue weighted by Gasteiger charge is 2.30. The van der Waals surface area contributed by atoms with Gasteiger partial charge in [-0.05, 0) is 33.2 Å². The SMILES string of the molecule is CCN(CC)C(=O)N1CCN(C(=O)C2CCCNC2)CC1. The number of hydrogen-bond donors (Lipinski definition) is 1. The lowest BCUT2D eigenvalue weighted by molar-refractivity contribution is -0.137. The molecule has 2 saturated heterocycles. The van der Waals surface area contributed by atoms with Crippen LogP contribution in [0.1, 0.15) is 26.7 Å². The average Bonchev–Trinajstić information content (AvgIpc) is 2.56. The van der Waals surface area contributed by atoms with Gasteiger partial charge in [0, 0.05) is 45.8 Å². The van der Waals surface area contributed by atoms with Crippen LogP contribution in [0.25, 0.3) is 0 Å². The van der Waals surface area contributed by atoms with E-state index >= 15 is 0 Å². The molecule has 1 unspecified atom stereocenters. The number of carbonyl (C=O) groups is 2. The molecular formula is C15H28N4O2. The van der Waals surface area contributed by atoms with Crippen LogP contribution >= 0.6 is 0 Å². The van der Waals surface area contributed by atoms with Crippen molar-refractivity contribution in [3.05, 3.63) is 0 Å². The molecule has 1 atom stereocenters. The molecule has 2 heterocycles. The van der Waals surface area contributed by atoms with Gasteiger partial charge in [-0.25, -0.2) is 4.79 Å². The zero-order valence-corrected chi connectivity index (χ0v) is 13.3. The van der Waals surface area contributed by atoms with Gasteiger partial charge < -0.3 is 20.0 Å². The molecule has 0 aliphatic carbocycles. The van der Waals surface area contributed by atoms with Crippen molar-refractivity contribution < 1.29 is 9.59 Å². The molecule has 21 heavy (non-hydrogen) atoms. The van der Waals surface area contributed by atoms with E-state index in [0.717, 1.165) is 39.0 Å². The molecule has 0 spiro atoms. The molecular weight excluding hydrogens is 268 g/mol. The normalized spacial score (nSPS) is 23.0. The molecule has 0 radical (unpaired) electrons. The van der Waals surface area contributed by atoms with E-state index in [1.165, 1.54) is 0 Å². The van der Waals surface area contributed by atoms with Gasteiger partial charge in [-0.15, -0.1) is 0 Å². The lowest BCUT2D eigenvalue weighted by Gasteiger charge is -2.38. The topological polar surface area (TPSA) is 55.9 Å². The molecule has 6 heteroatoms. The van der Waals surface area contributed by atoms with E-state index in [9.17, 15) is 9.59 Å². The van der Waals surface area contributed by atoms with Crippen molar-refractivity contribution in [3.8, 4) is 0 Å². The van der Waals surface area contributed by atoms with Crippen LogP contribution in [0.3, 0.4) is 0 Å². The predicted octanol–water partition coefficient (Wildman–Crippen LogP) is 0.592. The molecule has 0 aromatic heterocycles. The largest absolute Gasteiger partial charge is 0.339 e. The molecule has 2 rings (SSSR count). The summed E-state index contributed by atoms with van der Waals surface area (Å²) in [6, 6.07) is 0.103. The Hall–Kier alpha value is -1.30. The summed E-state index contributed by atoms with van der Waals surface area (Å²) in [5.41, 5.74) is 0. The van der Waals surface area contributed by atoms with Crippen molar-refractivity contribution in [1.29, 1.82) is 0 Å². The maximum absolute atomic E-state index is 12.4. The highest BCUT2D eigenvalue weighted by molar-refractivity contribution is 5.80. The second-order valence-corrected chi connectivity index (χ2v) is 5.81. The molecule has 0 aromatic carbocycles. The van der Waals surface area contributed by atoms with Gasteiger partial charge in [0.15, 0.2) is 0 Å². The van der Waals surface area contributed by atoms with Crippen LogP contribution in [0.15, 0.2) is 0 Å². The summed E-state index contributed by atoms with van der Waals surface area (Å²) < 4.78 is 0. The molecule has 6 nitrogen and oxygen atoms in total. The van der Waals surface area contributed by atoms with Crippen LogP contribution < -0.4 is 5.32 Å². The molecule has 0 aromatic rings. The summed E-state index contributed by atoms with van der Waals surface area (Å²) in [5, 5.41) is 3.29. The van der Waals surface area contributed by atoms with Gasteiger partial charge >= 0.3 is 6.03 Å². The third-order valence-corrected chi connectivity index (χ3v) is 4.54. The maximum Gasteiger partial charge on any atom is 0.320 e. The number of piperazine rings is 1. The summed E-state index contributed by atoms with van der Waals surface area (Å²) in [7, 11) is 0. The fourth-order valence-corrected chi connectivity index (χ4v) is 3.13. The van der Waals surface area contributed by atoms with Crippen molar-refractivity contribution in [3.63, 3.8) is 0 Å². The molecule has 120 valence electrons. The van der Waals surface area contributed by atoms with Crippen LogP contribution in [-0.2, 0) is 4.79 Å². The zero-order chi connectivity index (χ0) is 15.2. The third-order valence-electron chi connectivity index (χ3n) is 4.54. The van der Waals surface area contributed by atoms with Gasteiger partial charge in [-0.2, -0.15) is 0 Å². The molecule has 3 amide bonds. The lowest BCUT2D eigenvalue weighted by atomic mass is 9.98. The molecule has 2 fully saturated rings. The minimum Gasteiger partial charge on any atom is -0.339 e. The standard InChI is InChI=1S/C15H28N4O2/c1-3-17(4-2)15(21)19-10-8-18(9-11-19)14(20)13-6-5-7-16-12-13/h13,16H,3-12H2,1-2H3. The van der Waals surface area contributed by atoms with Gasteiger partial charge in [0.25, 0.3) is 0 Å². The van der Waals surface area contributed by atoms with E-state index in [0.29, 0.717) is 26.2 Å². The van der Waals surface area contributed by atoms with Gasteiger partial charge in [0.05, 0.1) is 5.92 Å². The van der Waals surface area contributed by atoms with Gasteiger partial charge in [-0.1, -0.05) is 0 Å². The number of amides is 3. The fourth-order valence-electron chi connectivity index (χ4n) is 3.13. The van der Waals surface area contributed by atoms with Crippen molar-refractivity contribution in [2.45, 2.75) is 26.7 Å². The first kappa shape index (κ1) is 16.1. The van der Waals surface area contributed by atoms with E-state index in [-0.39, 0.29) is 17.9 Å². The minimum atomic E-state index is 0.103. The second-order valence-electron chi connectivity index (χ2n) is 5.81. The second kappa shape index (κ2) is 7.64. The van der Waals surface area contributed by atoms with E-state index in [1.54, 1.807) is 0 Å². The highest BCUT2D eigenvalue weighted by Crippen LogP contribution is 2.15. The highest BCUT2D eigenvalue weighted by atomic mass is 16.2. The van der Waals surface area contributed by atoms with Gasteiger partial charge in [-0.3, -0.25) is 4.79 Å². The first-order chi connectivity index (χ1) is 10.2. The molecule has 1 N–H and O–H groups in total. The lowest BCUT2D eigenvalue weighted by Crippen LogP contribution is -2.55. The molecule has 0 saturated carbocycles. The first-order valence-electron chi connectivity index (χ1n) is 8.20. The molecule has 2 aliphatic heterocycles. The summed E-state index contributed by atoms with van der Waals surface area (Å²) in [5.74, 6) is 0.390. The Bertz CT molecular complexity index is 357. The van der Waals surface area contributed by atoms with Crippen LogP contribution in [0.4, 0.5) is 4.79 Å². The van der Waals surface area contributed by atoms with Crippen LogP contribution in [0.2, 0.25) is 0 Å². The number of rotatable bonds is 3. The van der Waals surface area contributed by atoms with Gasteiger partial charge in [0.1, 0.15) is 0 Å². The van der Waals surface area contributed by atoms with E-state index < -0.39 is 0 Å². The fraction of sp³-hybridized carbons (Fsp3) is 0.867. The Labute approximate surface area is 127 Å². The van der Waals surface area contributed by atoms with E-state index in [2.05, 4.69) is 5.32 Å². The molecule has 0 bridgehead atoms. The zero-order valence-electron chi connectivity index (χ0n) is 13.3. The van der Waals surface area contributed by atoms with Crippen molar-refractivity contribution in [1.82, 2.24) is 20.0 Å². The quantitative estimate of drug-likeness (QED) is 0.829. The number of carbonyl (C=O) groups excluding carboxylic acids is 2. The third kappa shape index (κ3) is 3.87. The number of piperidine rings is 1. The number of nitrogens with one attached hydrogen (secondary N) is 1. The Morgan fingerprint density at radius 1 is 1.10 bits per heavy atom. The number of nitrogens with zero attached hydrogens (tertiary/aromatic N) is 3. The van der Waals surface area contributed by atoms with Crippen LogP contribution in [0.5, 0.6) is 0 Å². The average molecular weight is 296 g/mol. The van der Waals surface area contributed by atoms with Crippen LogP contribution in [-0.4, -0.2) is 79.0 Å². The number of urea groups is 1. The minimum absolute atomic E-state index is 0.103. The van der Waals surface area contributed by atoms with Crippen LogP contribution in [0, 0.1) is 5.92 Å². The molecule has 2 aliphatic rings. The summed E-state index contributed by atoms with van der Waals surface area (Å²) in [6.45, 7) is 9.94. The summed E-state index contributed by atoms with van der Waals surface area (Å²) in [4.78, 5) is 30.4. The van der Waals surface area contributed by atoms with Gasteiger partial charge in [0.2, 0.25) is 5.91 Å². The van der Waals surface area contributed by atoms with Crippen molar-refractivity contribution in [2.24, 2.45) is 5.92 Å². The monoisotopic (exact) mass is 296 g/mol. The maximum atomic E-state index is 12.4. The Balaban J connectivity index is 1.82. The first-order valence-corrected chi connectivity index (χ1v) is 8.20. The summed E-state index contributed by atoms with van der Waals surface area (Å²) >= 11 is 0. The van der Waals surface area contributed by atoms with Crippen molar-refractivity contribution >= 4 is 11.9 Å². The van der Waals surface area contributed by atoms with E-state index in [1.807, 2.05) is 28.5 Å². The Kier molecular flexibility index (Phi) is 5.85. The Morgan fingerprint density at radius 2 is 1.71 bits per heavy atom.